The van der Waals surface area contributed by atoms with Crippen molar-refractivity contribution in [2.75, 3.05) is 5.32 Å². The van der Waals surface area contributed by atoms with E-state index < -0.39 is 23.1 Å². The summed E-state index contributed by atoms with van der Waals surface area (Å²) in [5.41, 5.74) is 6.03. The number of rotatable bonds is 2. The van der Waals surface area contributed by atoms with Crippen LogP contribution in [0, 0.1) is 5.82 Å². The fourth-order valence-corrected chi connectivity index (χ4v) is 2.84. The van der Waals surface area contributed by atoms with Gasteiger partial charge < -0.3 is 15.6 Å². The Morgan fingerprint density at radius 1 is 1.39 bits per heavy atom. The van der Waals surface area contributed by atoms with Gasteiger partial charge in [0.25, 0.3) is 0 Å². The summed E-state index contributed by atoms with van der Waals surface area (Å²) < 4.78 is 18.9. The molecule has 4 N–H and O–H groups in total. The van der Waals surface area contributed by atoms with Gasteiger partial charge in [-0.1, -0.05) is 0 Å². The summed E-state index contributed by atoms with van der Waals surface area (Å²) in [6, 6.07) is 4.12. The van der Waals surface area contributed by atoms with Crippen LogP contribution < -0.4 is 11.1 Å². The van der Waals surface area contributed by atoms with E-state index in [0.717, 1.165) is 0 Å². The molecule has 0 unspecified atom stereocenters. The molecule has 0 spiro atoms. The van der Waals surface area contributed by atoms with Gasteiger partial charge in [-0.25, -0.2) is 9.18 Å². The summed E-state index contributed by atoms with van der Waals surface area (Å²) in [4.78, 5) is 12.0. The van der Waals surface area contributed by atoms with E-state index >= 15 is 0 Å². The van der Waals surface area contributed by atoms with Crippen LogP contribution in [0.2, 0.25) is 0 Å². The van der Waals surface area contributed by atoms with Crippen LogP contribution in [0.15, 0.2) is 18.2 Å². The van der Waals surface area contributed by atoms with Gasteiger partial charge in [-0.3, -0.25) is 5.32 Å². The highest BCUT2D eigenvalue weighted by Gasteiger charge is 2.35. The van der Waals surface area contributed by atoms with Crippen LogP contribution in [-0.2, 0) is 10.3 Å². The molecule has 0 aliphatic heterocycles. The van der Waals surface area contributed by atoms with Gasteiger partial charge in [-0.15, -0.1) is 0 Å². The van der Waals surface area contributed by atoms with Crippen LogP contribution in [0.1, 0.15) is 52.0 Å². The molecule has 1 fully saturated rings. The molecule has 1 saturated carbocycles. The van der Waals surface area contributed by atoms with Crippen LogP contribution in [0.5, 0.6) is 0 Å². The largest absolute Gasteiger partial charge is 0.444 e. The molecular weight excluding hydrogens is 299 g/mol. The van der Waals surface area contributed by atoms with Crippen molar-refractivity contribution in [1.82, 2.24) is 0 Å². The van der Waals surface area contributed by atoms with Crippen LogP contribution >= 0.6 is 0 Å². The van der Waals surface area contributed by atoms with E-state index in [4.69, 9.17) is 10.5 Å². The Labute approximate surface area is 136 Å². The molecule has 1 amide bonds. The topological polar surface area (TPSA) is 84.6 Å². The fraction of sp³-hybridized carbons (Fsp3) is 0.588. The van der Waals surface area contributed by atoms with Crippen molar-refractivity contribution in [3.8, 4) is 0 Å². The van der Waals surface area contributed by atoms with Crippen molar-refractivity contribution >= 4 is 11.8 Å². The van der Waals surface area contributed by atoms with Gasteiger partial charge in [0.05, 0.1) is 6.10 Å². The molecule has 0 saturated heterocycles. The maximum absolute atomic E-state index is 13.7. The molecule has 0 bridgehead atoms. The van der Waals surface area contributed by atoms with E-state index in [-0.39, 0.29) is 6.10 Å². The minimum Gasteiger partial charge on any atom is -0.444 e. The summed E-state index contributed by atoms with van der Waals surface area (Å²) in [6.45, 7) is 5.31. The number of hydrogen-bond acceptors (Lipinski definition) is 4. The minimum atomic E-state index is -0.772. The highest BCUT2D eigenvalue weighted by atomic mass is 19.1. The lowest BCUT2D eigenvalue weighted by Crippen LogP contribution is -2.42. The van der Waals surface area contributed by atoms with Gasteiger partial charge in [0.1, 0.15) is 11.4 Å². The first-order chi connectivity index (χ1) is 10.6. The number of amides is 1. The van der Waals surface area contributed by atoms with E-state index in [1.165, 1.54) is 18.2 Å². The number of carbonyl (C=O) groups excluding carboxylic acids is 1. The maximum Gasteiger partial charge on any atom is 0.412 e. The molecule has 1 aliphatic rings. The zero-order valence-electron chi connectivity index (χ0n) is 13.9. The average Bonchev–Trinajstić information content (AvgIpc) is 2.42. The lowest BCUT2D eigenvalue weighted by molar-refractivity contribution is 0.0634. The Hall–Kier alpha value is -1.66. The fourth-order valence-electron chi connectivity index (χ4n) is 2.84. The van der Waals surface area contributed by atoms with Gasteiger partial charge in [0.15, 0.2) is 0 Å². The molecule has 0 radical (unpaired) electrons. The summed E-state index contributed by atoms with van der Waals surface area (Å²) in [6.07, 6.45) is 1.19. The molecule has 1 aromatic rings. The molecule has 0 aromatic heterocycles. The lowest BCUT2D eigenvalue weighted by atomic mass is 9.76. The van der Waals surface area contributed by atoms with Crippen LogP contribution in [0.25, 0.3) is 0 Å². The smallest absolute Gasteiger partial charge is 0.412 e. The number of aliphatic hydroxyl groups is 1. The predicted molar refractivity (Wildman–Crippen MR) is 86.6 cm³/mol. The van der Waals surface area contributed by atoms with Crippen LogP contribution in [0.3, 0.4) is 0 Å². The highest BCUT2D eigenvalue weighted by Crippen LogP contribution is 2.39. The van der Waals surface area contributed by atoms with E-state index in [0.29, 0.717) is 36.9 Å². The predicted octanol–water partition coefficient (Wildman–Crippen LogP) is 3.26. The van der Waals surface area contributed by atoms with Crippen molar-refractivity contribution in [2.45, 2.75) is 63.7 Å². The second-order valence-electron chi connectivity index (χ2n) is 7.20. The monoisotopic (exact) mass is 324 g/mol. The molecule has 128 valence electrons. The molecule has 23 heavy (non-hydrogen) atoms. The number of nitrogens with two attached hydrogens (primary N) is 1. The summed E-state index contributed by atoms with van der Waals surface area (Å²) in [7, 11) is 0. The quantitative estimate of drug-likeness (QED) is 0.779. The number of anilines is 1. The lowest BCUT2D eigenvalue weighted by Gasteiger charge is -2.37. The number of hydrogen-bond donors (Lipinski definition) is 3. The van der Waals surface area contributed by atoms with Gasteiger partial charge in [-0.2, -0.15) is 0 Å². The molecule has 1 aromatic carbocycles. The second kappa shape index (κ2) is 6.45. The Morgan fingerprint density at radius 2 is 2.00 bits per heavy atom. The summed E-state index contributed by atoms with van der Waals surface area (Å²) >= 11 is 0. The van der Waals surface area contributed by atoms with Crippen LogP contribution in [-0.4, -0.2) is 22.9 Å². The maximum atomic E-state index is 13.7. The zero-order valence-corrected chi connectivity index (χ0v) is 13.9. The number of carbonyl (C=O) groups is 1. The van der Waals surface area contributed by atoms with Crippen LogP contribution in [0.4, 0.5) is 14.9 Å². The van der Waals surface area contributed by atoms with E-state index in [9.17, 15) is 14.3 Å². The van der Waals surface area contributed by atoms with E-state index in [1.54, 1.807) is 20.8 Å². The molecule has 2 rings (SSSR count). The second-order valence-corrected chi connectivity index (χ2v) is 7.20. The van der Waals surface area contributed by atoms with Gasteiger partial charge in [-0.05, 0) is 70.2 Å². The SMILES string of the molecule is CC(C)(C)OC(=O)Nc1ccc(F)cc1C1(N)CCC(O)CC1. The zero-order chi connectivity index (χ0) is 17.3. The number of ether oxygens (including phenoxy) is 1. The number of benzene rings is 1. The molecule has 0 heterocycles. The molecule has 6 heteroatoms. The number of nitrogens with one attached hydrogen (secondary N) is 1. The van der Waals surface area contributed by atoms with Crippen molar-refractivity contribution in [3.63, 3.8) is 0 Å². The first-order valence-corrected chi connectivity index (χ1v) is 7.86. The molecule has 0 atom stereocenters. The highest BCUT2D eigenvalue weighted by molar-refractivity contribution is 5.86. The third-order valence-electron chi connectivity index (χ3n) is 4.00. The van der Waals surface area contributed by atoms with Crippen molar-refractivity contribution in [3.05, 3.63) is 29.6 Å². The van der Waals surface area contributed by atoms with Crippen molar-refractivity contribution in [2.24, 2.45) is 5.73 Å². The molecule has 1 aliphatic carbocycles. The third-order valence-corrected chi connectivity index (χ3v) is 4.00. The minimum absolute atomic E-state index is 0.373. The normalized spacial score (nSPS) is 25.0. The Balaban J connectivity index is 2.26. The number of aliphatic hydroxyl groups excluding tert-OH is 1. The third kappa shape index (κ3) is 4.65. The number of halogens is 1. The van der Waals surface area contributed by atoms with Gasteiger partial charge >= 0.3 is 6.09 Å². The molecular formula is C17H25FN2O3. The average molecular weight is 324 g/mol. The first-order valence-electron chi connectivity index (χ1n) is 7.86. The standard InChI is InChI=1S/C17H25FN2O3/c1-16(2,3)23-15(22)20-14-5-4-11(18)10-13(14)17(19)8-6-12(21)7-9-17/h4-5,10,12,21H,6-9,19H2,1-3H3,(H,20,22). The Kier molecular flexibility index (Phi) is 4.96. The summed E-state index contributed by atoms with van der Waals surface area (Å²) in [5.74, 6) is -0.411. The molecule has 5 nitrogen and oxygen atoms in total. The van der Waals surface area contributed by atoms with Crippen molar-refractivity contribution < 1.29 is 19.0 Å². The first kappa shape index (κ1) is 17.7. The van der Waals surface area contributed by atoms with E-state index in [1.807, 2.05) is 0 Å². The van der Waals surface area contributed by atoms with E-state index in [2.05, 4.69) is 5.32 Å². The van der Waals surface area contributed by atoms with Gasteiger partial charge in [0.2, 0.25) is 0 Å². The van der Waals surface area contributed by atoms with Gasteiger partial charge in [0, 0.05) is 11.2 Å². The Morgan fingerprint density at radius 3 is 2.57 bits per heavy atom. The Bertz CT molecular complexity index is 576. The summed E-state index contributed by atoms with van der Waals surface area (Å²) in [5, 5.41) is 12.3. The van der Waals surface area contributed by atoms with Crippen molar-refractivity contribution in [1.29, 1.82) is 0 Å².